The molecule has 1 aliphatic rings. The molecule has 1 fully saturated rings. The third-order valence-corrected chi connectivity index (χ3v) is 5.10. The van der Waals surface area contributed by atoms with Gasteiger partial charge in [0.2, 0.25) is 5.91 Å². The summed E-state index contributed by atoms with van der Waals surface area (Å²) in [6, 6.07) is 12.5. The molecule has 1 aromatic heterocycles. The maximum absolute atomic E-state index is 12.3. The fraction of sp³-hybridized carbons (Fsp3) is 0.353. The number of carbonyl (C=O) groups excluding carboxylic acids is 1. The quantitative estimate of drug-likeness (QED) is 0.881. The molecule has 0 radical (unpaired) electrons. The van der Waals surface area contributed by atoms with Crippen LogP contribution in [0.25, 0.3) is 0 Å². The predicted octanol–water partition coefficient (Wildman–Crippen LogP) is 3.10. The van der Waals surface area contributed by atoms with Gasteiger partial charge in [-0.25, -0.2) is 0 Å². The van der Waals surface area contributed by atoms with Gasteiger partial charge in [-0.15, -0.1) is 23.7 Å². The number of benzene rings is 1. The maximum atomic E-state index is 12.3. The fourth-order valence-electron chi connectivity index (χ4n) is 2.56. The van der Waals surface area contributed by atoms with Gasteiger partial charge in [-0.05, 0) is 35.9 Å². The lowest BCUT2D eigenvalue weighted by atomic mass is 9.99. The summed E-state index contributed by atoms with van der Waals surface area (Å²) < 4.78 is 0. The van der Waals surface area contributed by atoms with Crippen molar-refractivity contribution in [1.29, 1.82) is 0 Å². The van der Waals surface area contributed by atoms with E-state index in [0.29, 0.717) is 0 Å². The van der Waals surface area contributed by atoms with Crippen molar-refractivity contribution in [1.82, 2.24) is 10.6 Å². The van der Waals surface area contributed by atoms with E-state index in [0.717, 1.165) is 19.5 Å². The highest BCUT2D eigenvalue weighted by Gasteiger charge is 2.27. The van der Waals surface area contributed by atoms with Crippen LogP contribution < -0.4 is 10.6 Å². The van der Waals surface area contributed by atoms with Crippen LogP contribution in [0.2, 0.25) is 0 Å². The summed E-state index contributed by atoms with van der Waals surface area (Å²) >= 11 is 1.73. The van der Waals surface area contributed by atoms with Gasteiger partial charge in [0.1, 0.15) is 0 Å². The molecule has 0 aliphatic carbocycles. The molecule has 1 aromatic carbocycles. The smallest absolute Gasteiger partial charge is 0.226 e. The molecule has 1 atom stereocenters. The van der Waals surface area contributed by atoms with Crippen LogP contribution in [0.15, 0.2) is 41.8 Å². The van der Waals surface area contributed by atoms with E-state index >= 15 is 0 Å². The summed E-state index contributed by atoms with van der Waals surface area (Å²) in [6.07, 6.45) is 0.841. The number of thiophene rings is 1. The van der Waals surface area contributed by atoms with Crippen LogP contribution in [0.3, 0.4) is 0 Å². The van der Waals surface area contributed by atoms with E-state index in [2.05, 4.69) is 41.1 Å². The van der Waals surface area contributed by atoms with Crippen molar-refractivity contribution < 1.29 is 4.79 Å². The van der Waals surface area contributed by atoms with Crippen molar-refractivity contribution in [3.8, 4) is 0 Å². The molecule has 1 unspecified atom stereocenters. The number of amides is 1. The van der Waals surface area contributed by atoms with Crippen molar-refractivity contribution in [3.63, 3.8) is 0 Å². The Hall–Kier alpha value is -1.36. The third-order valence-electron chi connectivity index (χ3n) is 3.97. The lowest BCUT2D eigenvalue weighted by molar-refractivity contribution is -0.127. The zero-order valence-corrected chi connectivity index (χ0v) is 14.2. The van der Waals surface area contributed by atoms with Crippen LogP contribution in [-0.4, -0.2) is 19.0 Å². The largest absolute Gasteiger partial charge is 0.348 e. The Kier molecular flexibility index (Phi) is 6.00. The Bertz CT molecular complexity index is 610. The first-order chi connectivity index (χ1) is 10.2. The number of aryl methyl sites for hydroxylation is 1. The summed E-state index contributed by atoms with van der Waals surface area (Å²) in [4.78, 5) is 13.5. The molecule has 1 amide bonds. The molecule has 2 heterocycles. The van der Waals surface area contributed by atoms with Crippen molar-refractivity contribution in [3.05, 3.63) is 57.8 Å². The second-order valence-electron chi connectivity index (χ2n) is 5.57. The molecular formula is C17H21ClN2OS. The topological polar surface area (TPSA) is 41.1 Å². The molecule has 118 valence electrons. The van der Waals surface area contributed by atoms with Crippen molar-refractivity contribution in [2.45, 2.75) is 19.4 Å². The van der Waals surface area contributed by atoms with Crippen molar-refractivity contribution in [2.75, 3.05) is 13.1 Å². The molecular weight excluding hydrogens is 316 g/mol. The van der Waals surface area contributed by atoms with E-state index in [1.807, 2.05) is 18.2 Å². The van der Waals surface area contributed by atoms with Gasteiger partial charge in [0.05, 0.1) is 12.0 Å². The average molecular weight is 337 g/mol. The Morgan fingerprint density at radius 2 is 2.05 bits per heavy atom. The highest BCUT2D eigenvalue weighted by Crippen LogP contribution is 2.27. The molecule has 22 heavy (non-hydrogen) atoms. The van der Waals surface area contributed by atoms with Crippen LogP contribution in [0.1, 0.15) is 22.0 Å². The summed E-state index contributed by atoms with van der Waals surface area (Å²) in [5.74, 6) is 0.297. The number of hydrogen-bond acceptors (Lipinski definition) is 3. The number of hydrogen-bond donors (Lipinski definition) is 2. The minimum Gasteiger partial charge on any atom is -0.348 e. The van der Waals surface area contributed by atoms with E-state index < -0.39 is 0 Å². The highest BCUT2D eigenvalue weighted by atomic mass is 35.5. The second-order valence-corrected chi connectivity index (χ2v) is 6.52. The number of halogens is 1. The summed E-state index contributed by atoms with van der Waals surface area (Å²) in [6.45, 7) is 3.71. The van der Waals surface area contributed by atoms with E-state index in [1.54, 1.807) is 11.3 Å². The molecule has 2 N–H and O–H groups in total. The Morgan fingerprint density at radius 3 is 2.59 bits per heavy atom. The van der Waals surface area contributed by atoms with Crippen LogP contribution >= 0.6 is 23.7 Å². The second kappa shape index (κ2) is 7.77. The minimum atomic E-state index is 0. The van der Waals surface area contributed by atoms with Gasteiger partial charge < -0.3 is 10.6 Å². The predicted molar refractivity (Wildman–Crippen MR) is 93.7 cm³/mol. The van der Waals surface area contributed by atoms with Gasteiger partial charge in [-0.1, -0.05) is 30.3 Å². The first-order valence-electron chi connectivity index (χ1n) is 7.33. The van der Waals surface area contributed by atoms with Crippen LogP contribution in [-0.2, 0) is 11.2 Å². The average Bonchev–Trinajstić information content (AvgIpc) is 2.83. The zero-order chi connectivity index (χ0) is 14.7. The molecule has 0 spiro atoms. The minimum absolute atomic E-state index is 0. The third kappa shape index (κ3) is 3.88. The SMILES string of the molecule is Cc1ccsc1C(Cc1ccccc1)NC(=O)C1CNC1.Cl. The number of carbonyl (C=O) groups is 1. The highest BCUT2D eigenvalue weighted by molar-refractivity contribution is 7.10. The van der Waals surface area contributed by atoms with E-state index in [4.69, 9.17) is 0 Å². The monoisotopic (exact) mass is 336 g/mol. The van der Waals surface area contributed by atoms with Gasteiger partial charge >= 0.3 is 0 Å². The fourth-order valence-corrected chi connectivity index (χ4v) is 3.54. The lowest BCUT2D eigenvalue weighted by Gasteiger charge is -2.28. The molecule has 3 rings (SSSR count). The summed E-state index contributed by atoms with van der Waals surface area (Å²) in [5.41, 5.74) is 2.51. The summed E-state index contributed by atoms with van der Waals surface area (Å²) in [5, 5.41) is 8.49. The first kappa shape index (κ1) is 17.0. The Balaban J connectivity index is 0.00000176. The van der Waals surface area contributed by atoms with Crippen LogP contribution in [0.5, 0.6) is 0 Å². The molecule has 5 heteroatoms. The molecule has 0 bridgehead atoms. The van der Waals surface area contributed by atoms with Gasteiger partial charge in [0, 0.05) is 18.0 Å². The molecule has 3 nitrogen and oxygen atoms in total. The molecule has 1 aliphatic heterocycles. The molecule has 1 saturated heterocycles. The molecule has 2 aromatic rings. The van der Waals surface area contributed by atoms with E-state index in [1.165, 1.54) is 16.0 Å². The Morgan fingerprint density at radius 1 is 1.32 bits per heavy atom. The zero-order valence-electron chi connectivity index (χ0n) is 12.5. The standard InChI is InChI=1S/C17H20N2OS.ClH/c1-12-7-8-21-16(12)15(9-13-5-3-2-4-6-13)19-17(20)14-10-18-11-14;/h2-8,14-15,18H,9-11H2,1H3,(H,19,20);1H. The van der Waals surface area contributed by atoms with E-state index in [9.17, 15) is 4.79 Å². The van der Waals surface area contributed by atoms with Gasteiger partial charge in [0.15, 0.2) is 0 Å². The van der Waals surface area contributed by atoms with Crippen LogP contribution in [0, 0.1) is 12.8 Å². The van der Waals surface area contributed by atoms with E-state index in [-0.39, 0.29) is 30.3 Å². The number of rotatable bonds is 5. The normalized spacial score (nSPS) is 15.5. The van der Waals surface area contributed by atoms with Crippen LogP contribution in [0.4, 0.5) is 0 Å². The summed E-state index contributed by atoms with van der Waals surface area (Å²) in [7, 11) is 0. The number of nitrogens with one attached hydrogen (secondary N) is 2. The molecule has 0 saturated carbocycles. The van der Waals surface area contributed by atoms with Gasteiger partial charge in [-0.3, -0.25) is 4.79 Å². The maximum Gasteiger partial charge on any atom is 0.226 e. The van der Waals surface area contributed by atoms with Gasteiger partial charge in [-0.2, -0.15) is 0 Å². The Labute approximate surface area is 141 Å². The first-order valence-corrected chi connectivity index (χ1v) is 8.21. The van der Waals surface area contributed by atoms with Gasteiger partial charge in [0.25, 0.3) is 0 Å². The van der Waals surface area contributed by atoms with Crippen molar-refractivity contribution >= 4 is 29.7 Å². The lowest BCUT2D eigenvalue weighted by Crippen LogP contribution is -2.51. The van der Waals surface area contributed by atoms with Crippen molar-refractivity contribution in [2.24, 2.45) is 5.92 Å².